The summed E-state index contributed by atoms with van der Waals surface area (Å²) in [6.45, 7) is 0. The fourth-order valence-corrected chi connectivity index (χ4v) is 1.14. The van der Waals surface area contributed by atoms with Crippen LogP contribution in [0, 0.1) is 0 Å². The van der Waals surface area contributed by atoms with Crippen molar-refractivity contribution >= 4 is 5.69 Å². The molecule has 1 saturated carbocycles. The molecular weight excluding hydrogens is 188 g/mol. The van der Waals surface area contributed by atoms with Crippen LogP contribution in [0.4, 0.5) is 14.5 Å². The molecule has 2 nitrogen and oxygen atoms in total. The minimum atomic E-state index is -3.19. The molecule has 0 spiro atoms. The third-order valence-electron chi connectivity index (χ3n) is 2.09. The van der Waals surface area contributed by atoms with Crippen molar-refractivity contribution in [2.45, 2.75) is 25.1 Å². The molecule has 0 radical (unpaired) electrons. The highest BCUT2D eigenvalue weighted by Gasteiger charge is 2.39. The van der Waals surface area contributed by atoms with Crippen molar-refractivity contribution in [2.24, 2.45) is 0 Å². The summed E-state index contributed by atoms with van der Waals surface area (Å²) in [6.07, 6.45) is -2.01. The maximum atomic E-state index is 13.3. The van der Waals surface area contributed by atoms with Crippen molar-refractivity contribution < 1.29 is 13.5 Å². The topological polar surface area (TPSA) is 35.2 Å². The number of anilines is 1. The Bertz CT molecular complexity index is 319. The summed E-state index contributed by atoms with van der Waals surface area (Å²) in [5.74, 6) is 0. The minimum Gasteiger partial charge on any atom is -0.399 e. The first-order valence-corrected chi connectivity index (χ1v) is 4.49. The van der Waals surface area contributed by atoms with Crippen LogP contribution in [0.3, 0.4) is 0 Å². The van der Waals surface area contributed by atoms with Crippen molar-refractivity contribution in [3.63, 3.8) is 0 Å². The molecule has 1 aliphatic carbocycles. The summed E-state index contributed by atoms with van der Waals surface area (Å²) in [4.78, 5) is 0. The zero-order valence-corrected chi connectivity index (χ0v) is 7.54. The Labute approximate surface area is 80.7 Å². The van der Waals surface area contributed by atoms with Crippen LogP contribution in [0.1, 0.15) is 18.4 Å². The number of hydrogen-bond donors (Lipinski definition) is 1. The molecular formula is C10H11F2NO. The first kappa shape index (κ1) is 9.40. The third kappa shape index (κ3) is 2.01. The molecule has 14 heavy (non-hydrogen) atoms. The smallest absolute Gasteiger partial charge is 0.383 e. The fraction of sp³-hybridized carbons (Fsp3) is 0.400. The van der Waals surface area contributed by atoms with Gasteiger partial charge in [0.2, 0.25) is 0 Å². The second-order valence-corrected chi connectivity index (χ2v) is 3.46. The minimum absolute atomic E-state index is 0.140. The predicted molar refractivity (Wildman–Crippen MR) is 48.9 cm³/mol. The molecule has 76 valence electrons. The van der Waals surface area contributed by atoms with Gasteiger partial charge in [-0.15, -0.1) is 0 Å². The van der Waals surface area contributed by atoms with E-state index in [1.807, 2.05) is 0 Å². The molecule has 0 amide bonds. The van der Waals surface area contributed by atoms with E-state index in [1.165, 1.54) is 24.3 Å². The van der Waals surface area contributed by atoms with Gasteiger partial charge in [-0.05, 0) is 37.1 Å². The monoisotopic (exact) mass is 199 g/mol. The zero-order valence-electron chi connectivity index (χ0n) is 7.54. The van der Waals surface area contributed by atoms with Gasteiger partial charge in [0.05, 0.1) is 11.7 Å². The van der Waals surface area contributed by atoms with E-state index in [0.29, 0.717) is 5.69 Å². The molecule has 1 fully saturated rings. The van der Waals surface area contributed by atoms with Crippen molar-refractivity contribution in [3.8, 4) is 0 Å². The Hall–Kier alpha value is -1.16. The van der Waals surface area contributed by atoms with Crippen LogP contribution < -0.4 is 5.73 Å². The number of hydrogen-bond acceptors (Lipinski definition) is 2. The van der Waals surface area contributed by atoms with Crippen molar-refractivity contribution in [1.82, 2.24) is 0 Å². The number of rotatable bonds is 3. The summed E-state index contributed by atoms with van der Waals surface area (Å²) < 4.78 is 31.2. The largest absolute Gasteiger partial charge is 0.399 e. The van der Waals surface area contributed by atoms with Crippen LogP contribution in [-0.2, 0) is 10.8 Å². The molecule has 1 aliphatic rings. The van der Waals surface area contributed by atoms with Gasteiger partial charge in [0.15, 0.2) is 0 Å². The van der Waals surface area contributed by atoms with Crippen LogP contribution in [0.15, 0.2) is 24.3 Å². The highest BCUT2D eigenvalue weighted by atomic mass is 19.3. The molecule has 0 atom stereocenters. The van der Waals surface area contributed by atoms with Crippen molar-refractivity contribution in [1.29, 1.82) is 0 Å². The Morgan fingerprint density at radius 1 is 1.21 bits per heavy atom. The Morgan fingerprint density at radius 2 is 1.79 bits per heavy atom. The SMILES string of the molecule is Nc1ccc(C(F)(F)OC2CC2)cc1. The maximum absolute atomic E-state index is 13.3. The Morgan fingerprint density at radius 3 is 2.29 bits per heavy atom. The predicted octanol–water partition coefficient (Wildman–Crippen LogP) is 2.50. The maximum Gasteiger partial charge on any atom is 0.383 e. The molecule has 4 heteroatoms. The lowest BCUT2D eigenvalue weighted by atomic mass is 10.2. The van der Waals surface area contributed by atoms with Gasteiger partial charge in [-0.3, -0.25) is 0 Å². The summed E-state index contributed by atoms with van der Waals surface area (Å²) in [5, 5.41) is 0. The van der Waals surface area contributed by atoms with E-state index in [9.17, 15) is 8.78 Å². The van der Waals surface area contributed by atoms with Crippen LogP contribution in [0.2, 0.25) is 0 Å². The number of nitrogen functional groups attached to an aromatic ring is 1. The Balaban J connectivity index is 2.14. The lowest BCUT2D eigenvalue weighted by Gasteiger charge is -2.16. The van der Waals surface area contributed by atoms with Crippen LogP contribution in [-0.4, -0.2) is 6.10 Å². The first-order valence-electron chi connectivity index (χ1n) is 4.49. The molecule has 0 aliphatic heterocycles. The molecule has 0 heterocycles. The zero-order chi connectivity index (χ0) is 10.2. The summed E-state index contributed by atoms with van der Waals surface area (Å²) in [7, 11) is 0. The van der Waals surface area contributed by atoms with E-state index in [-0.39, 0.29) is 11.7 Å². The quantitative estimate of drug-likeness (QED) is 0.759. The van der Waals surface area contributed by atoms with E-state index < -0.39 is 6.11 Å². The second-order valence-electron chi connectivity index (χ2n) is 3.46. The van der Waals surface area contributed by atoms with Crippen LogP contribution in [0.25, 0.3) is 0 Å². The van der Waals surface area contributed by atoms with Crippen LogP contribution in [0.5, 0.6) is 0 Å². The molecule has 2 rings (SSSR count). The molecule has 0 bridgehead atoms. The Kier molecular flexibility index (Phi) is 2.15. The number of ether oxygens (including phenoxy) is 1. The summed E-state index contributed by atoms with van der Waals surface area (Å²) in [6, 6.07) is 5.47. The number of benzene rings is 1. The van der Waals surface area contributed by atoms with E-state index >= 15 is 0 Å². The second kappa shape index (κ2) is 3.20. The van der Waals surface area contributed by atoms with Gasteiger partial charge in [-0.25, -0.2) is 0 Å². The van der Waals surface area contributed by atoms with Crippen LogP contribution >= 0.6 is 0 Å². The lowest BCUT2D eigenvalue weighted by molar-refractivity contribution is -0.255. The number of halogens is 2. The van der Waals surface area contributed by atoms with E-state index in [4.69, 9.17) is 5.73 Å². The van der Waals surface area contributed by atoms with E-state index in [0.717, 1.165) is 12.8 Å². The molecule has 1 aromatic rings. The van der Waals surface area contributed by atoms with Gasteiger partial charge < -0.3 is 10.5 Å². The molecule has 0 aromatic heterocycles. The highest BCUT2D eigenvalue weighted by Crippen LogP contribution is 2.37. The average molecular weight is 199 g/mol. The van der Waals surface area contributed by atoms with Gasteiger partial charge in [0.1, 0.15) is 0 Å². The molecule has 0 unspecified atom stereocenters. The van der Waals surface area contributed by atoms with Crippen molar-refractivity contribution in [2.75, 3.05) is 5.73 Å². The number of nitrogens with two attached hydrogens (primary N) is 1. The normalized spacial score (nSPS) is 17.0. The summed E-state index contributed by atoms with van der Waals surface area (Å²) >= 11 is 0. The molecule has 0 saturated heterocycles. The first-order chi connectivity index (χ1) is 6.58. The van der Waals surface area contributed by atoms with Gasteiger partial charge in [0, 0.05) is 5.69 Å². The lowest BCUT2D eigenvalue weighted by Crippen LogP contribution is -2.19. The van der Waals surface area contributed by atoms with Crippen molar-refractivity contribution in [3.05, 3.63) is 29.8 Å². The van der Waals surface area contributed by atoms with Gasteiger partial charge in [-0.1, -0.05) is 0 Å². The fourth-order valence-electron chi connectivity index (χ4n) is 1.14. The summed E-state index contributed by atoms with van der Waals surface area (Å²) in [5.41, 5.74) is 5.73. The van der Waals surface area contributed by atoms with Gasteiger partial charge in [0.25, 0.3) is 0 Å². The molecule has 2 N–H and O–H groups in total. The number of alkyl halides is 2. The highest BCUT2D eigenvalue weighted by molar-refractivity contribution is 5.40. The van der Waals surface area contributed by atoms with Gasteiger partial charge >= 0.3 is 6.11 Å². The molecule has 1 aromatic carbocycles. The standard InChI is InChI=1S/C10H11F2NO/c11-10(12,14-9-5-6-9)7-1-3-8(13)4-2-7/h1-4,9H,5-6,13H2. The van der Waals surface area contributed by atoms with E-state index in [2.05, 4.69) is 4.74 Å². The van der Waals surface area contributed by atoms with E-state index in [1.54, 1.807) is 0 Å². The third-order valence-corrected chi connectivity index (χ3v) is 2.09. The van der Waals surface area contributed by atoms with Gasteiger partial charge in [-0.2, -0.15) is 8.78 Å². The average Bonchev–Trinajstić information content (AvgIpc) is 2.88.